The summed E-state index contributed by atoms with van der Waals surface area (Å²) in [4.78, 5) is 21.6. The Balaban J connectivity index is 0.00000225. The summed E-state index contributed by atoms with van der Waals surface area (Å²) in [6.45, 7) is 8.25. The number of pyridine rings is 1. The lowest BCUT2D eigenvalue weighted by atomic mass is 9.75. The van der Waals surface area contributed by atoms with Crippen LogP contribution in [0, 0.1) is 5.41 Å². The van der Waals surface area contributed by atoms with Crippen molar-refractivity contribution in [3.63, 3.8) is 0 Å². The van der Waals surface area contributed by atoms with Crippen LogP contribution in [0.25, 0.3) is 0 Å². The molecule has 1 aliphatic carbocycles. The minimum Gasteiger partial charge on any atom is -0.383 e. The number of methoxy groups -OCH3 is 1. The van der Waals surface area contributed by atoms with Crippen molar-refractivity contribution in [1.82, 2.24) is 14.8 Å². The average Bonchev–Trinajstić information content (AvgIpc) is 2.54. The fraction of sp³-hybridized carbons (Fsp3) is 0.579. The third-order valence-electron chi connectivity index (χ3n) is 4.80. The number of carbonyl (C=O) groups is 1. The predicted molar refractivity (Wildman–Crippen MR) is 100 cm³/mol. The Morgan fingerprint density at radius 1 is 1.32 bits per heavy atom. The summed E-state index contributed by atoms with van der Waals surface area (Å²) in [6.07, 6.45) is 5.30. The number of aromatic nitrogens is 1. The molecule has 0 amide bonds. The van der Waals surface area contributed by atoms with Crippen molar-refractivity contribution in [3.05, 3.63) is 41.4 Å². The van der Waals surface area contributed by atoms with Gasteiger partial charge in [0.05, 0.1) is 13.3 Å². The minimum absolute atomic E-state index is 0. The number of halogens is 1. The lowest BCUT2D eigenvalue weighted by molar-refractivity contribution is -0.119. The van der Waals surface area contributed by atoms with Gasteiger partial charge in [0.1, 0.15) is 0 Å². The van der Waals surface area contributed by atoms with Gasteiger partial charge < -0.3 is 9.64 Å². The molecule has 0 radical (unpaired) electrons. The number of Topliss-reactive ketones (excluding diaryl/α,β-unsaturated/α-hetero) is 1. The molecule has 1 aliphatic heterocycles. The molecule has 0 unspecified atom stereocenters. The monoisotopic (exact) mass is 365 g/mol. The van der Waals surface area contributed by atoms with Crippen molar-refractivity contribution in [3.8, 4) is 0 Å². The topological polar surface area (TPSA) is 45.7 Å². The van der Waals surface area contributed by atoms with Crippen molar-refractivity contribution in [2.75, 3.05) is 33.5 Å². The number of ether oxygens (including phenoxy) is 1. The van der Waals surface area contributed by atoms with E-state index in [0.717, 1.165) is 38.3 Å². The number of nitrogens with zero attached hydrogens (tertiary/aromatic N) is 3. The van der Waals surface area contributed by atoms with Gasteiger partial charge >= 0.3 is 0 Å². The Kier molecular flexibility index (Phi) is 6.60. The van der Waals surface area contributed by atoms with Crippen LogP contribution in [0.3, 0.4) is 0 Å². The van der Waals surface area contributed by atoms with E-state index in [4.69, 9.17) is 4.74 Å². The fourth-order valence-corrected chi connectivity index (χ4v) is 3.67. The number of carbonyl (C=O) groups excluding carboxylic acids is 1. The number of hydrogen-bond acceptors (Lipinski definition) is 5. The number of ketones is 1. The predicted octanol–water partition coefficient (Wildman–Crippen LogP) is 2.87. The smallest absolute Gasteiger partial charge is 0.162 e. The first kappa shape index (κ1) is 19.9. The van der Waals surface area contributed by atoms with E-state index in [0.29, 0.717) is 18.8 Å². The Morgan fingerprint density at radius 2 is 2.12 bits per heavy atom. The largest absolute Gasteiger partial charge is 0.383 e. The zero-order chi connectivity index (χ0) is 17.2. The summed E-state index contributed by atoms with van der Waals surface area (Å²) in [5.74, 6) is 0.305. The van der Waals surface area contributed by atoms with Gasteiger partial charge in [-0.2, -0.15) is 0 Å². The van der Waals surface area contributed by atoms with Crippen molar-refractivity contribution >= 4 is 18.2 Å². The van der Waals surface area contributed by atoms with Gasteiger partial charge in [0.25, 0.3) is 0 Å². The van der Waals surface area contributed by atoms with Crippen LogP contribution in [0.5, 0.6) is 0 Å². The fourth-order valence-electron chi connectivity index (χ4n) is 3.67. The molecule has 0 saturated carbocycles. The van der Waals surface area contributed by atoms with Crippen LogP contribution < -0.4 is 0 Å². The molecule has 0 fully saturated rings. The first-order valence-corrected chi connectivity index (χ1v) is 8.59. The molecule has 138 valence electrons. The van der Waals surface area contributed by atoms with Gasteiger partial charge in [-0.05, 0) is 23.5 Å². The molecule has 2 heterocycles. The molecule has 0 aromatic carbocycles. The Bertz CT molecular complexity index is 631. The molecule has 0 spiro atoms. The Hall–Kier alpha value is -1.43. The van der Waals surface area contributed by atoms with Gasteiger partial charge in [-0.1, -0.05) is 19.9 Å². The molecule has 6 heteroatoms. The molecule has 1 aromatic heterocycles. The number of allylic oxidation sites excluding steroid dienone is 1. The molecule has 3 rings (SSSR count). The molecule has 0 N–H and O–H groups in total. The molecule has 25 heavy (non-hydrogen) atoms. The summed E-state index contributed by atoms with van der Waals surface area (Å²) in [6, 6.07) is 4.04. The summed E-state index contributed by atoms with van der Waals surface area (Å²) >= 11 is 0. The second-order valence-corrected chi connectivity index (χ2v) is 7.61. The molecule has 2 aliphatic rings. The van der Waals surface area contributed by atoms with E-state index in [1.165, 1.54) is 11.3 Å². The maximum atomic E-state index is 12.7. The Labute approximate surface area is 156 Å². The van der Waals surface area contributed by atoms with Gasteiger partial charge in [-0.25, -0.2) is 0 Å². The van der Waals surface area contributed by atoms with Crippen molar-refractivity contribution in [2.45, 2.75) is 33.2 Å². The van der Waals surface area contributed by atoms with Crippen LogP contribution in [-0.2, 0) is 16.1 Å². The van der Waals surface area contributed by atoms with E-state index in [2.05, 4.69) is 34.7 Å². The van der Waals surface area contributed by atoms with Gasteiger partial charge in [-0.15, -0.1) is 12.4 Å². The van der Waals surface area contributed by atoms with E-state index in [-0.39, 0.29) is 17.8 Å². The number of rotatable bonds is 5. The highest BCUT2D eigenvalue weighted by atomic mass is 35.5. The van der Waals surface area contributed by atoms with Crippen LogP contribution in [-0.4, -0.2) is 54.0 Å². The summed E-state index contributed by atoms with van der Waals surface area (Å²) < 4.78 is 5.28. The molecular formula is C19H28ClN3O2. The molecule has 1 aromatic rings. The SMILES string of the molecule is COCCN1CN(Cc2cccnc2)CC2=C1CC(C)(C)CC2=O.Cl. The third kappa shape index (κ3) is 4.81. The lowest BCUT2D eigenvalue weighted by Crippen LogP contribution is -2.48. The molecule has 0 saturated heterocycles. The maximum absolute atomic E-state index is 12.7. The zero-order valence-corrected chi connectivity index (χ0v) is 16.1. The first-order chi connectivity index (χ1) is 11.5. The molecule has 0 atom stereocenters. The van der Waals surface area contributed by atoms with Gasteiger partial charge in [0.15, 0.2) is 5.78 Å². The van der Waals surface area contributed by atoms with E-state index in [1.807, 2.05) is 12.3 Å². The normalized spacial score (nSPS) is 20.3. The van der Waals surface area contributed by atoms with E-state index >= 15 is 0 Å². The van der Waals surface area contributed by atoms with Gasteiger partial charge in [0.2, 0.25) is 0 Å². The van der Waals surface area contributed by atoms with Crippen LogP contribution in [0.15, 0.2) is 35.8 Å². The highest BCUT2D eigenvalue weighted by Crippen LogP contribution is 2.40. The second-order valence-electron chi connectivity index (χ2n) is 7.61. The summed E-state index contributed by atoms with van der Waals surface area (Å²) in [7, 11) is 1.72. The van der Waals surface area contributed by atoms with Crippen LogP contribution in [0.1, 0.15) is 32.3 Å². The van der Waals surface area contributed by atoms with Crippen LogP contribution in [0.4, 0.5) is 0 Å². The maximum Gasteiger partial charge on any atom is 0.162 e. The quantitative estimate of drug-likeness (QED) is 0.802. The van der Waals surface area contributed by atoms with E-state index in [9.17, 15) is 4.79 Å². The standard InChI is InChI=1S/C19H27N3O2.ClH/c1-19(2)9-17-16(18(23)10-19)13-21(14-22(17)7-8-24-3)12-15-5-4-6-20-11-15;/h4-6,11H,7-10,12-14H2,1-3H3;1H. The average molecular weight is 366 g/mol. The van der Waals surface area contributed by atoms with Gasteiger partial charge in [-0.3, -0.25) is 14.7 Å². The van der Waals surface area contributed by atoms with Crippen molar-refractivity contribution < 1.29 is 9.53 Å². The first-order valence-electron chi connectivity index (χ1n) is 8.59. The minimum atomic E-state index is 0. The summed E-state index contributed by atoms with van der Waals surface area (Å²) in [5, 5.41) is 0. The van der Waals surface area contributed by atoms with Crippen molar-refractivity contribution in [1.29, 1.82) is 0 Å². The van der Waals surface area contributed by atoms with Crippen molar-refractivity contribution in [2.24, 2.45) is 5.41 Å². The van der Waals surface area contributed by atoms with E-state index in [1.54, 1.807) is 13.3 Å². The summed E-state index contributed by atoms with van der Waals surface area (Å²) in [5.41, 5.74) is 3.46. The second kappa shape index (κ2) is 8.30. The van der Waals surface area contributed by atoms with Crippen LogP contribution >= 0.6 is 12.4 Å². The van der Waals surface area contributed by atoms with Gasteiger partial charge in [0, 0.05) is 56.8 Å². The highest BCUT2D eigenvalue weighted by Gasteiger charge is 2.38. The molecular weight excluding hydrogens is 338 g/mol. The van der Waals surface area contributed by atoms with Crippen LogP contribution in [0.2, 0.25) is 0 Å². The number of hydrogen-bond donors (Lipinski definition) is 0. The Morgan fingerprint density at radius 3 is 2.80 bits per heavy atom. The third-order valence-corrected chi connectivity index (χ3v) is 4.80. The lowest BCUT2D eigenvalue weighted by Gasteiger charge is -2.45. The molecule has 5 nitrogen and oxygen atoms in total. The molecule has 0 bridgehead atoms. The zero-order valence-electron chi connectivity index (χ0n) is 15.3. The van der Waals surface area contributed by atoms with E-state index < -0.39 is 0 Å². The highest BCUT2D eigenvalue weighted by molar-refractivity contribution is 5.98.